The Bertz CT molecular complexity index is 655. The number of morpholine rings is 1. The molecule has 0 saturated carbocycles. The van der Waals surface area contributed by atoms with Gasteiger partial charge >= 0.3 is 0 Å². The predicted molar refractivity (Wildman–Crippen MR) is 127 cm³/mol. The number of nitrogens with one attached hydrogen (secondary N) is 2. The third-order valence-corrected chi connectivity index (χ3v) is 5.96. The van der Waals surface area contributed by atoms with Crippen LogP contribution in [0.4, 0.5) is 0 Å². The Hall–Kier alpha value is -1.83. The monoisotopic (exact) mass is 431 g/mol. The Balaban J connectivity index is 1.50. The summed E-state index contributed by atoms with van der Waals surface area (Å²) in [6.07, 6.45) is 3.58. The quantitative estimate of drug-likeness (QED) is 0.438. The van der Waals surface area contributed by atoms with E-state index in [1.165, 1.54) is 38.9 Å². The zero-order valence-electron chi connectivity index (χ0n) is 19.4. The largest absolute Gasteiger partial charge is 0.492 e. The highest BCUT2D eigenvalue weighted by Crippen LogP contribution is 2.19. The molecule has 2 N–H and O–H groups in total. The third-order valence-electron chi connectivity index (χ3n) is 5.96. The number of guanidine groups is 1. The van der Waals surface area contributed by atoms with Crippen LogP contribution in [-0.2, 0) is 11.3 Å². The molecule has 31 heavy (non-hydrogen) atoms. The van der Waals surface area contributed by atoms with E-state index >= 15 is 0 Å². The fourth-order valence-electron chi connectivity index (χ4n) is 4.18. The first kappa shape index (κ1) is 23.8. The average Bonchev–Trinajstić information content (AvgIpc) is 2.80. The predicted octanol–water partition coefficient (Wildman–Crippen LogP) is 2.33. The van der Waals surface area contributed by atoms with Crippen LogP contribution in [0.2, 0.25) is 0 Å². The van der Waals surface area contributed by atoms with Gasteiger partial charge in [-0.2, -0.15) is 0 Å². The van der Waals surface area contributed by atoms with E-state index in [9.17, 15) is 0 Å². The van der Waals surface area contributed by atoms with Crippen LogP contribution in [0.1, 0.15) is 38.7 Å². The van der Waals surface area contributed by atoms with E-state index in [2.05, 4.69) is 46.4 Å². The van der Waals surface area contributed by atoms with E-state index in [4.69, 9.17) is 14.5 Å². The molecule has 2 saturated heterocycles. The highest BCUT2D eigenvalue weighted by atomic mass is 16.5. The topological polar surface area (TPSA) is 61.4 Å². The second kappa shape index (κ2) is 13.6. The maximum absolute atomic E-state index is 6.12. The Morgan fingerprint density at radius 3 is 2.55 bits per heavy atom. The summed E-state index contributed by atoms with van der Waals surface area (Å²) in [5, 5.41) is 7.06. The number of benzene rings is 1. The van der Waals surface area contributed by atoms with Crippen LogP contribution in [0.5, 0.6) is 5.75 Å². The van der Waals surface area contributed by atoms with Crippen LogP contribution >= 0.6 is 0 Å². The minimum Gasteiger partial charge on any atom is -0.492 e. The van der Waals surface area contributed by atoms with Gasteiger partial charge in [-0.05, 0) is 38.8 Å². The lowest BCUT2D eigenvalue weighted by Gasteiger charge is -2.32. The van der Waals surface area contributed by atoms with Crippen molar-refractivity contribution in [1.82, 2.24) is 20.4 Å². The standard InChI is InChI=1S/C24H41N5O2/c1-3-11-28-12-9-22(10-13-28)27-24(25-4-2)26-20-21-7-5-6-8-23(21)31-19-16-29-14-17-30-18-15-29/h5-8,22H,3-4,9-20H2,1-2H3,(H2,25,26,27). The van der Waals surface area contributed by atoms with Gasteiger partial charge in [0.15, 0.2) is 5.96 Å². The Labute approximate surface area is 188 Å². The molecule has 0 unspecified atom stereocenters. The number of hydrogen-bond acceptors (Lipinski definition) is 5. The molecule has 7 heteroatoms. The number of para-hydroxylation sites is 1. The highest BCUT2D eigenvalue weighted by Gasteiger charge is 2.19. The molecule has 0 aliphatic carbocycles. The Morgan fingerprint density at radius 2 is 1.81 bits per heavy atom. The summed E-state index contributed by atoms with van der Waals surface area (Å²) >= 11 is 0. The fraction of sp³-hybridized carbons (Fsp3) is 0.708. The molecular formula is C24H41N5O2. The number of aliphatic imine (C=N–C) groups is 1. The van der Waals surface area contributed by atoms with Gasteiger partial charge in [0.1, 0.15) is 12.4 Å². The van der Waals surface area contributed by atoms with Crippen molar-refractivity contribution in [3.05, 3.63) is 29.8 Å². The maximum Gasteiger partial charge on any atom is 0.191 e. The molecule has 2 aliphatic heterocycles. The number of rotatable bonds is 10. The molecule has 0 atom stereocenters. The van der Waals surface area contributed by atoms with Crippen LogP contribution in [0.15, 0.2) is 29.3 Å². The zero-order chi connectivity index (χ0) is 21.7. The summed E-state index contributed by atoms with van der Waals surface area (Å²) in [7, 11) is 0. The fourth-order valence-corrected chi connectivity index (χ4v) is 4.18. The van der Waals surface area contributed by atoms with Gasteiger partial charge in [-0.3, -0.25) is 4.90 Å². The van der Waals surface area contributed by atoms with E-state index in [0.717, 1.165) is 56.7 Å². The molecule has 0 aromatic heterocycles. The first-order chi connectivity index (χ1) is 15.3. The van der Waals surface area contributed by atoms with Crippen molar-refractivity contribution in [2.45, 2.75) is 45.7 Å². The molecule has 1 aromatic carbocycles. The molecule has 174 valence electrons. The molecular weight excluding hydrogens is 390 g/mol. The molecule has 0 radical (unpaired) electrons. The van der Waals surface area contributed by atoms with Gasteiger partial charge in [0.25, 0.3) is 0 Å². The van der Waals surface area contributed by atoms with Crippen LogP contribution in [0.25, 0.3) is 0 Å². The lowest BCUT2D eigenvalue weighted by atomic mass is 10.1. The molecule has 1 aromatic rings. The van der Waals surface area contributed by atoms with Crippen molar-refractivity contribution in [3.63, 3.8) is 0 Å². The van der Waals surface area contributed by atoms with Crippen LogP contribution in [0.3, 0.4) is 0 Å². The number of piperidine rings is 1. The Kier molecular flexibility index (Phi) is 10.4. The summed E-state index contributed by atoms with van der Waals surface area (Å²) < 4.78 is 11.5. The lowest BCUT2D eigenvalue weighted by Crippen LogP contribution is -2.48. The first-order valence-electron chi connectivity index (χ1n) is 12.1. The summed E-state index contributed by atoms with van der Waals surface area (Å²) in [4.78, 5) is 9.82. The lowest BCUT2D eigenvalue weighted by molar-refractivity contribution is 0.0322. The third kappa shape index (κ3) is 8.31. The molecule has 2 aliphatic rings. The van der Waals surface area contributed by atoms with Crippen LogP contribution < -0.4 is 15.4 Å². The van der Waals surface area contributed by atoms with Crippen molar-refractivity contribution in [2.24, 2.45) is 4.99 Å². The van der Waals surface area contributed by atoms with Gasteiger partial charge in [-0.15, -0.1) is 0 Å². The van der Waals surface area contributed by atoms with E-state index < -0.39 is 0 Å². The van der Waals surface area contributed by atoms with E-state index in [-0.39, 0.29) is 0 Å². The van der Waals surface area contributed by atoms with Crippen molar-refractivity contribution < 1.29 is 9.47 Å². The van der Waals surface area contributed by atoms with Crippen LogP contribution in [0, 0.1) is 0 Å². The molecule has 0 amide bonds. The van der Waals surface area contributed by atoms with Crippen molar-refractivity contribution in [1.29, 1.82) is 0 Å². The molecule has 0 spiro atoms. The highest BCUT2D eigenvalue weighted by molar-refractivity contribution is 5.80. The minimum absolute atomic E-state index is 0.492. The van der Waals surface area contributed by atoms with Crippen molar-refractivity contribution in [3.8, 4) is 5.75 Å². The minimum atomic E-state index is 0.492. The van der Waals surface area contributed by atoms with Gasteiger partial charge < -0.3 is 25.0 Å². The summed E-state index contributed by atoms with van der Waals surface area (Å²) in [5.41, 5.74) is 1.12. The zero-order valence-corrected chi connectivity index (χ0v) is 19.4. The summed E-state index contributed by atoms with van der Waals surface area (Å²) in [6, 6.07) is 8.74. The summed E-state index contributed by atoms with van der Waals surface area (Å²) in [5.74, 6) is 1.84. The van der Waals surface area contributed by atoms with Gasteiger partial charge in [0, 0.05) is 50.9 Å². The van der Waals surface area contributed by atoms with Gasteiger partial charge in [0.05, 0.1) is 19.8 Å². The van der Waals surface area contributed by atoms with E-state index in [0.29, 0.717) is 19.2 Å². The second-order valence-corrected chi connectivity index (χ2v) is 8.37. The first-order valence-corrected chi connectivity index (χ1v) is 12.1. The number of nitrogens with zero attached hydrogens (tertiary/aromatic N) is 3. The average molecular weight is 432 g/mol. The molecule has 2 heterocycles. The normalized spacial score (nSPS) is 19.4. The SMILES string of the molecule is CCCN1CCC(NC(=NCc2ccccc2OCCN2CCOCC2)NCC)CC1. The van der Waals surface area contributed by atoms with Gasteiger partial charge in [-0.1, -0.05) is 25.1 Å². The molecule has 7 nitrogen and oxygen atoms in total. The van der Waals surface area contributed by atoms with Crippen LogP contribution in [-0.4, -0.2) is 87.4 Å². The molecule has 0 bridgehead atoms. The van der Waals surface area contributed by atoms with Gasteiger partial charge in [-0.25, -0.2) is 4.99 Å². The van der Waals surface area contributed by atoms with E-state index in [1.807, 2.05) is 12.1 Å². The van der Waals surface area contributed by atoms with E-state index in [1.54, 1.807) is 0 Å². The molecule has 3 rings (SSSR count). The summed E-state index contributed by atoms with van der Waals surface area (Å²) in [6.45, 7) is 14.6. The second-order valence-electron chi connectivity index (χ2n) is 8.37. The van der Waals surface area contributed by atoms with Crippen molar-refractivity contribution >= 4 is 5.96 Å². The van der Waals surface area contributed by atoms with Gasteiger partial charge in [0.2, 0.25) is 0 Å². The number of likely N-dealkylation sites (tertiary alicyclic amines) is 1. The number of ether oxygens (including phenoxy) is 2. The smallest absolute Gasteiger partial charge is 0.191 e. The van der Waals surface area contributed by atoms with Crippen molar-refractivity contribution in [2.75, 3.05) is 65.6 Å². The number of hydrogen-bond donors (Lipinski definition) is 2. The Morgan fingerprint density at radius 1 is 1.06 bits per heavy atom. The maximum atomic E-state index is 6.12. The molecule has 2 fully saturated rings.